The average Bonchev–Trinajstić information content (AvgIpc) is 2.49. The van der Waals surface area contributed by atoms with Crippen LogP contribution in [0.3, 0.4) is 0 Å². The van der Waals surface area contributed by atoms with Gasteiger partial charge in [0.2, 0.25) is 0 Å². The summed E-state index contributed by atoms with van der Waals surface area (Å²) >= 11 is 0. The van der Waals surface area contributed by atoms with Crippen LogP contribution in [-0.4, -0.2) is 18.8 Å². The minimum Gasteiger partial charge on any atom is -0.378 e. The fourth-order valence-electron chi connectivity index (χ4n) is 3.12. The van der Waals surface area contributed by atoms with Gasteiger partial charge < -0.3 is 10.5 Å². The summed E-state index contributed by atoms with van der Waals surface area (Å²) in [7, 11) is 0. The largest absolute Gasteiger partial charge is 0.378 e. The van der Waals surface area contributed by atoms with E-state index in [9.17, 15) is 0 Å². The molecule has 0 bridgehead atoms. The Morgan fingerprint density at radius 1 is 0.950 bits per heavy atom. The van der Waals surface area contributed by atoms with Gasteiger partial charge in [-0.2, -0.15) is 0 Å². The summed E-state index contributed by atoms with van der Waals surface area (Å²) in [5, 5.41) is 0. The molecule has 0 aromatic heterocycles. The highest BCUT2D eigenvalue weighted by molar-refractivity contribution is 4.69. The standard InChI is InChI=1S/C18H37NO/c1-2-3-4-5-6-7-8-9-12-17(19)14-15-18-13-10-11-16-20-18/h17-18H,2-16,19H2,1H3. The highest BCUT2D eigenvalue weighted by Crippen LogP contribution is 2.19. The number of rotatable bonds is 12. The van der Waals surface area contributed by atoms with Crippen molar-refractivity contribution in [2.75, 3.05) is 6.61 Å². The third-order valence-electron chi connectivity index (χ3n) is 4.56. The maximum atomic E-state index is 6.22. The average molecular weight is 284 g/mol. The number of ether oxygens (including phenoxy) is 1. The Balaban J connectivity index is 1.83. The van der Waals surface area contributed by atoms with E-state index in [-0.39, 0.29) is 0 Å². The van der Waals surface area contributed by atoms with E-state index >= 15 is 0 Å². The summed E-state index contributed by atoms with van der Waals surface area (Å²) < 4.78 is 5.76. The highest BCUT2D eigenvalue weighted by Gasteiger charge is 2.14. The molecule has 1 fully saturated rings. The van der Waals surface area contributed by atoms with Crippen molar-refractivity contribution in [2.45, 2.75) is 109 Å². The van der Waals surface area contributed by atoms with Gasteiger partial charge in [-0.25, -0.2) is 0 Å². The SMILES string of the molecule is CCCCCCCCCCC(N)CCC1CCCCO1. The van der Waals surface area contributed by atoms with Gasteiger partial charge in [0, 0.05) is 12.6 Å². The van der Waals surface area contributed by atoms with E-state index in [0.717, 1.165) is 13.0 Å². The highest BCUT2D eigenvalue weighted by atomic mass is 16.5. The van der Waals surface area contributed by atoms with Gasteiger partial charge in [0.25, 0.3) is 0 Å². The van der Waals surface area contributed by atoms with Crippen molar-refractivity contribution in [3.05, 3.63) is 0 Å². The minimum atomic E-state index is 0.403. The third kappa shape index (κ3) is 9.77. The van der Waals surface area contributed by atoms with Gasteiger partial charge in [-0.1, -0.05) is 58.3 Å². The topological polar surface area (TPSA) is 35.2 Å². The molecule has 2 heteroatoms. The number of unbranched alkanes of at least 4 members (excludes halogenated alkanes) is 7. The maximum Gasteiger partial charge on any atom is 0.0575 e. The van der Waals surface area contributed by atoms with Gasteiger partial charge in [0.1, 0.15) is 0 Å². The molecule has 0 saturated carbocycles. The molecule has 0 radical (unpaired) electrons. The van der Waals surface area contributed by atoms with Crippen LogP contribution >= 0.6 is 0 Å². The Morgan fingerprint density at radius 2 is 1.65 bits per heavy atom. The summed E-state index contributed by atoms with van der Waals surface area (Å²) in [6.07, 6.45) is 19.0. The van der Waals surface area contributed by atoms with Gasteiger partial charge in [-0.3, -0.25) is 0 Å². The molecule has 0 aromatic rings. The first-order chi connectivity index (χ1) is 9.83. The van der Waals surface area contributed by atoms with Crippen LogP contribution in [0.1, 0.15) is 96.8 Å². The lowest BCUT2D eigenvalue weighted by Crippen LogP contribution is -2.25. The van der Waals surface area contributed by atoms with Crippen LogP contribution in [0.4, 0.5) is 0 Å². The molecule has 2 atom stereocenters. The fraction of sp³-hybridized carbons (Fsp3) is 1.00. The molecule has 120 valence electrons. The van der Waals surface area contributed by atoms with Crippen molar-refractivity contribution < 1.29 is 4.74 Å². The fourth-order valence-corrected chi connectivity index (χ4v) is 3.12. The summed E-state index contributed by atoms with van der Waals surface area (Å²) in [5.74, 6) is 0. The first-order valence-electron chi connectivity index (χ1n) is 9.20. The zero-order valence-electron chi connectivity index (χ0n) is 13.7. The molecule has 2 nitrogen and oxygen atoms in total. The van der Waals surface area contributed by atoms with Gasteiger partial charge in [0.05, 0.1) is 6.10 Å². The maximum absolute atomic E-state index is 6.22. The van der Waals surface area contributed by atoms with Gasteiger partial charge in [0.15, 0.2) is 0 Å². The van der Waals surface area contributed by atoms with Crippen molar-refractivity contribution in [1.29, 1.82) is 0 Å². The van der Waals surface area contributed by atoms with Crippen LogP contribution in [0.2, 0.25) is 0 Å². The molecule has 2 N–H and O–H groups in total. The summed E-state index contributed by atoms with van der Waals surface area (Å²) in [5.41, 5.74) is 6.22. The second-order valence-corrected chi connectivity index (χ2v) is 6.59. The Labute approximate surface area is 126 Å². The first kappa shape index (κ1) is 18.0. The Morgan fingerprint density at radius 3 is 2.30 bits per heavy atom. The Hall–Kier alpha value is -0.0800. The molecular weight excluding hydrogens is 246 g/mol. The van der Waals surface area contributed by atoms with E-state index in [1.165, 1.54) is 83.5 Å². The molecule has 0 spiro atoms. The summed E-state index contributed by atoms with van der Waals surface area (Å²) in [6.45, 7) is 3.25. The molecule has 0 aliphatic carbocycles. The molecule has 1 aliphatic heterocycles. The van der Waals surface area contributed by atoms with Crippen LogP contribution in [0.5, 0.6) is 0 Å². The van der Waals surface area contributed by atoms with Crippen LogP contribution in [0.15, 0.2) is 0 Å². The van der Waals surface area contributed by atoms with Crippen LogP contribution in [-0.2, 0) is 4.74 Å². The predicted octanol–water partition coefficient (Wildman–Crippen LogP) is 5.19. The molecule has 1 saturated heterocycles. The lowest BCUT2D eigenvalue weighted by molar-refractivity contribution is 0.00901. The van der Waals surface area contributed by atoms with Gasteiger partial charge in [-0.15, -0.1) is 0 Å². The van der Waals surface area contributed by atoms with E-state index < -0.39 is 0 Å². The van der Waals surface area contributed by atoms with E-state index in [2.05, 4.69) is 6.92 Å². The summed E-state index contributed by atoms with van der Waals surface area (Å²) in [6, 6.07) is 0.403. The minimum absolute atomic E-state index is 0.403. The molecular formula is C18H37NO. The molecule has 1 heterocycles. The second-order valence-electron chi connectivity index (χ2n) is 6.59. The number of nitrogens with two attached hydrogens (primary N) is 1. The van der Waals surface area contributed by atoms with E-state index in [4.69, 9.17) is 10.5 Å². The van der Waals surface area contributed by atoms with E-state index in [1.54, 1.807) is 0 Å². The zero-order valence-corrected chi connectivity index (χ0v) is 13.7. The van der Waals surface area contributed by atoms with Crippen molar-refractivity contribution in [3.8, 4) is 0 Å². The molecule has 0 aromatic carbocycles. The zero-order chi connectivity index (χ0) is 14.5. The summed E-state index contributed by atoms with van der Waals surface area (Å²) in [4.78, 5) is 0. The van der Waals surface area contributed by atoms with Crippen molar-refractivity contribution in [1.82, 2.24) is 0 Å². The van der Waals surface area contributed by atoms with Crippen LogP contribution in [0, 0.1) is 0 Å². The lowest BCUT2D eigenvalue weighted by atomic mass is 9.98. The molecule has 1 rings (SSSR count). The van der Waals surface area contributed by atoms with Crippen LogP contribution < -0.4 is 5.73 Å². The second kappa shape index (κ2) is 12.6. The first-order valence-corrected chi connectivity index (χ1v) is 9.20. The Bertz CT molecular complexity index is 202. The molecule has 1 aliphatic rings. The van der Waals surface area contributed by atoms with Crippen molar-refractivity contribution >= 4 is 0 Å². The van der Waals surface area contributed by atoms with E-state index in [1.807, 2.05) is 0 Å². The van der Waals surface area contributed by atoms with Crippen molar-refractivity contribution in [2.24, 2.45) is 5.73 Å². The van der Waals surface area contributed by atoms with Crippen LogP contribution in [0.25, 0.3) is 0 Å². The van der Waals surface area contributed by atoms with Gasteiger partial charge >= 0.3 is 0 Å². The number of hydrogen-bond donors (Lipinski definition) is 1. The Kier molecular flexibility index (Phi) is 11.4. The monoisotopic (exact) mass is 283 g/mol. The predicted molar refractivity (Wildman–Crippen MR) is 88.0 cm³/mol. The number of hydrogen-bond acceptors (Lipinski definition) is 2. The lowest BCUT2D eigenvalue weighted by Gasteiger charge is -2.23. The molecule has 20 heavy (non-hydrogen) atoms. The van der Waals surface area contributed by atoms with Crippen molar-refractivity contribution in [3.63, 3.8) is 0 Å². The smallest absolute Gasteiger partial charge is 0.0575 e. The molecule has 2 unspecified atom stereocenters. The quantitative estimate of drug-likeness (QED) is 0.500. The van der Waals surface area contributed by atoms with Gasteiger partial charge in [-0.05, 0) is 38.5 Å². The van der Waals surface area contributed by atoms with E-state index in [0.29, 0.717) is 12.1 Å². The normalized spacial score (nSPS) is 21.0. The molecule has 0 amide bonds. The third-order valence-corrected chi connectivity index (χ3v) is 4.56.